The molecule has 0 saturated heterocycles. The normalized spacial score (nSPS) is 10.9. The highest BCUT2D eigenvalue weighted by Gasteiger charge is 2.11. The number of ether oxygens (including phenoxy) is 1. The molecule has 28 heavy (non-hydrogen) atoms. The minimum atomic E-state index is 0. The summed E-state index contributed by atoms with van der Waals surface area (Å²) in [7, 11) is 1.59. The Balaban J connectivity index is 0.00000420. The van der Waals surface area contributed by atoms with E-state index in [0.717, 1.165) is 12.8 Å². The molecule has 0 bridgehead atoms. The first-order chi connectivity index (χ1) is 13.3. The topological polar surface area (TPSA) is 116 Å². The van der Waals surface area contributed by atoms with Gasteiger partial charge in [-0.1, -0.05) is 13.8 Å². The first-order valence-electron chi connectivity index (χ1n) is 9.55. The Hall–Kier alpha value is -2.90. The van der Waals surface area contributed by atoms with Crippen LogP contribution in [0.25, 0.3) is 11.0 Å². The van der Waals surface area contributed by atoms with Gasteiger partial charge in [-0.3, -0.25) is 20.2 Å². The molecule has 8 nitrogen and oxygen atoms in total. The molecule has 1 heterocycles. The fourth-order valence-electron chi connectivity index (χ4n) is 2.91. The van der Waals surface area contributed by atoms with E-state index in [4.69, 9.17) is 15.6 Å². The molecular formula is C20H34N6O2. The molecule has 1 amide bonds. The number of hydrogen-bond acceptors (Lipinski definition) is 6. The lowest BCUT2D eigenvalue weighted by Gasteiger charge is -2.14. The number of fused-ring (bicyclic) bond motifs is 1. The second-order valence-corrected chi connectivity index (χ2v) is 7.17. The minimum Gasteiger partial charge on any atom is -0.497 e. The summed E-state index contributed by atoms with van der Waals surface area (Å²) < 4.78 is 6.81. The van der Waals surface area contributed by atoms with Gasteiger partial charge in [-0.15, -0.1) is 0 Å². The summed E-state index contributed by atoms with van der Waals surface area (Å²) in [5.41, 5.74) is 1.50. The molecule has 0 aliphatic heterocycles. The van der Waals surface area contributed by atoms with Crippen molar-refractivity contribution >= 4 is 28.6 Å². The Kier molecular flexibility index (Phi) is 7.54. The van der Waals surface area contributed by atoms with Crippen molar-refractivity contribution in [3.63, 3.8) is 0 Å². The molecule has 0 radical (unpaired) electrons. The van der Waals surface area contributed by atoms with E-state index in [9.17, 15) is 4.79 Å². The van der Waals surface area contributed by atoms with Crippen molar-refractivity contribution in [3.05, 3.63) is 23.7 Å². The molecule has 0 aliphatic carbocycles. The van der Waals surface area contributed by atoms with E-state index in [1.54, 1.807) is 36.8 Å². The van der Waals surface area contributed by atoms with Crippen LogP contribution in [-0.4, -0.2) is 41.5 Å². The van der Waals surface area contributed by atoms with Crippen molar-refractivity contribution in [1.29, 1.82) is 10.8 Å². The van der Waals surface area contributed by atoms with Crippen LogP contribution in [-0.2, 0) is 4.79 Å². The Morgan fingerprint density at radius 1 is 1.32 bits per heavy atom. The Labute approximate surface area is 168 Å². The van der Waals surface area contributed by atoms with Gasteiger partial charge in [0.1, 0.15) is 11.6 Å². The van der Waals surface area contributed by atoms with E-state index in [2.05, 4.69) is 15.6 Å². The number of nitrogens with one attached hydrogen (secondary N) is 4. The summed E-state index contributed by atoms with van der Waals surface area (Å²) in [5, 5.41) is 22.5. The molecule has 0 saturated carbocycles. The highest BCUT2D eigenvalue weighted by atomic mass is 16.5. The zero-order chi connectivity index (χ0) is 20.7. The summed E-state index contributed by atoms with van der Waals surface area (Å²) in [4.78, 5) is 16.2. The van der Waals surface area contributed by atoms with Gasteiger partial charge in [0.2, 0.25) is 5.91 Å². The second kappa shape index (κ2) is 9.87. The van der Waals surface area contributed by atoms with E-state index in [1.165, 1.54) is 0 Å². The van der Waals surface area contributed by atoms with Crippen LogP contribution >= 0.6 is 0 Å². The molecule has 1 aromatic carbocycles. The van der Waals surface area contributed by atoms with Gasteiger partial charge in [0.15, 0.2) is 11.3 Å². The number of benzene rings is 1. The van der Waals surface area contributed by atoms with Crippen molar-refractivity contribution < 1.29 is 12.4 Å². The maximum Gasteiger partial charge on any atom is 0.220 e. The standard InChI is InChI=1S/C20H30N6O2.2H2/c1-13(2)11-18(27)23-9-5-6-10-24-20-19(22)26(14(3)21)17-8-7-15(28-4)12-16(17)25-20;;/h7-8,12-13,21-22H,5-6,9-11H2,1-4H3,(H,23,27)(H,24,25);2*1H. The van der Waals surface area contributed by atoms with Crippen molar-refractivity contribution in [2.24, 2.45) is 5.92 Å². The average molecular weight is 391 g/mol. The van der Waals surface area contributed by atoms with Crippen LogP contribution in [0.4, 0.5) is 5.82 Å². The number of aromatic nitrogens is 2. The van der Waals surface area contributed by atoms with Crippen LogP contribution in [0.3, 0.4) is 0 Å². The summed E-state index contributed by atoms with van der Waals surface area (Å²) in [6, 6.07) is 5.40. The lowest BCUT2D eigenvalue weighted by Crippen LogP contribution is -2.29. The smallest absolute Gasteiger partial charge is 0.220 e. The van der Waals surface area contributed by atoms with Gasteiger partial charge in [-0.05, 0) is 37.8 Å². The van der Waals surface area contributed by atoms with Crippen LogP contribution in [0.1, 0.15) is 42.9 Å². The van der Waals surface area contributed by atoms with Crippen molar-refractivity contribution in [1.82, 2.24) is 14.9 Å². The largest absolute Gasteiger partial charge is 0.497 e. The molecule has 8 heteroatoms. The molecule has 1 aromatic heterocycles. The molecule has 2 aromatic rings. The number of hydrogen-bond donors (Lipinski definition) is 4. The van der Waals surface area contributed by atoms with Gasteiger partial charge >= 0.3 is 0 Å². The second-order valence-electron chi connectivity index (χ2n) is 7.17. The van der Waals surface area contributed by atoms with E-state index in [-0.39, 0.29) is 20.1 Å². The van der Waals surface area contributed by atoms with E-state index in [0.29, 0.717) is 48.0 Å². The number of amides is 1. The minimum absolute atomic E-state index is 0. The molecular weight excluding hydrogens is 356 g/mol. The number of carbonyl (C=O) groups is 1. The summed E-state index contributed by atoms with van der Waals surface area (Å²) in [6.45, 7) is 6.96. The number of rotatable bonds is 9. The van der Waals surface area contributed by atoms with Crippen molar-refractivity contribution in [2.75, 3.05) is 25.5 Å². The fraction of sp³-hybridized carbons (Fsp3) is 0.500. The van der Waals surface area contributed by atoms with Crippen LogP contribution in [0.15, 0.2) is 18.2 Å². The molecule has 0 fully saturated rings. The number of nitrogens with zero attached hydrogens (tertiary/aromatic N) is 2. The number of methoxy groups -OCH3 is 1. The molecule has 0 aliphatic rings. The molecule has 156 valence electrons. The molecule has 2 rings (SSSR count). The Morgan fingerprint density at radius 2 is 2.04 bits per heavy atom. The lowest BCUT2D eigenvalue weighted by atomic mass is 10.1. The van der Waals surface area contributed by atoms with Gasteiger partial charge < -0.3 is 15.4 Å². The van der Waals surface area contributed by atoms with Crippen LogP contribution < -0.4 is 20.9 Å². The van der Waals surface area contributed by atoms with E-state index in [1.807, 2.05) is 13.8 Å². The highest BCUT2D eigenvalue weighted by molar-refractivity contribution is 5.91. The first-order valence-corrected chi connectivity index (χ1v) is 9.55. The summed E-state index contributed by atoms with van der Waals surface area (Å²) in [6.07, 6.45) is 2.23. The van der Waals surface area contributed by atoms with Crippen LogP contribution in [0, 0.1) is 16.7 Å². The summed E-state index contributed by atoms with van der Waals surface area (Å²) in [5.74, 6) is 1.80. The lowest BCUT2D eigenvalue weighted by molar-refractivity contribution is -0.121. The van der Waals surface area contributed by atoms with Crippen molar-refractivity contribution in [3.8, 4) is 5.75 Å². The first kappa shape index (κ1) is 21.4. The molecule has 4 N–H and O–H groups in total. The van der Waals surface area contributed by atoms with Gasteiger partial charge in [0.05, 0.1) is 18.1 Å². The quantitative estimate of drug-likeness (QED) is 0.299. The maximum atomic E-state index is 11.6. The van der Waals surface area contributed by atoms with E-state index < -0.39 is 0 Å². The Morgan fingerprint density at radius 3 is 2.68 bits per heavy atom. The molecule has 0 spiro atoms. The van der Waals surface area contributed by atoms with Crippen molar-refractivity contribution in [2.45, 2.75) is 40.0 Å². The monoisotopic (exact) mass is 390 g/mol. The van der Waals surface area contributed by atoms with Gasteiger partial charge in [0, 0.05) is 28.4 Å². The molecule has 0 unspecified atom stereocenters. The predicted octanol–water partition coefficient (Wildman–Crippen LogP) is 3.22. The third kappa shape index (κ3) is 5.55. The summed E-state index contributed by atoms with van der Waals surface area (Å²) >= 11 is 0. The van der Waals surface area contributed by atoms with Gasteiger partial charge in [0.25, 0.3) is 0 Å². The highest BCUT2D eigenvalue weighted by Crippen LogP contribution is 2.19. The third-order valence-electron chi connectivity index (χ3n) is 4.25. The average Bonchev–Trinajstić information content (AvgIpc) is 2.63. The molecule has 0 atom stereocenters. The Bertz CT molecular complexity index is 914. The van der Waals surface area contributed by atoms with Crippen LogP contribution in [0.5, 0.6) is 5.75 Å². The maximum absolute atomic E-state index is 11.6. The van der Waals surface area contributed by atoms with Crippen LogP contribution in [0.2, 0.25) is 0 Å². The zero-order valence-corrected chi connectivity index (χ0v) is 17.1. The third-order valence-corrected chi connectivity index (χ3v) is 4.25. The number of unbranched alkanes of at least 4 members (excludes halogenated alkanes) is 1. The SMILES string of the molecule is COc1ccc2c(c1)nc(NCCCCNC(=O)CC(C)C)c(=N)n2C(C)=N.[HH].[HH]. The zero-order valence-electron chi connectivity index (χ0n) is 17.1. The van der Waals surface area contributed by atoms with Gasteiger partial charge in [-0.2, -0.15) is 0 Å². The van der Waals surface area contributed by atoms with E-state index >= 15 is 0 Å². The number of carbonyl (C=O) groups excluding carboxylic acids is 1. The number of anilines is 1. The predicted molar refractivity (Wildman–Crippen MR) is 115 cm³/mol. The van der Waals surface area contributed by atoms with Gasteiger partial charge in [-0.25, -0.2) is 4.98 Å². The fourth-order valence-corrected chi connectivity index (χ4v) is 2.91.